The van der Waals surface area contributed by atoms with Crippen LogP contribution in [0, 0.1) is 0 Å². The second-order valence-electron chi connectivity index (χ2n) is 4.30. The smallest absolute Gasteiger partial charge is 0.220 e. The van der Waals surface area contributed by atoms with Gasteiger partial charge in [0.15, 0.2) is 0 Å². The fraction of sp³-hybridized carbons (Fsp3) is 0.400. The van der Waals surface area contributed by atoms with Crippen LogP contribution in [0.3, 0.4) is 0 Å². The lowest BCUT2D eigenvalue weighted by Gasteiger charge is -2.19. The van der Waals surface area contributed by atoms with Gasteiger partial charge in [-0.2, -0.15) is 0 Å². The molecule has 0 saturated carbocycles. The van der Waals surface area contributed by atoms with Crippen molar-refractivity contribution in [3.05, 3.63) is 30.6 Å². The molecule has 0 radical (unpaired) electrons. The zero-order valence-electron chi connectivity index (χ0n) is 9.29. The molecule has 0 fully saturated rings. The minimum Gasteiger partial charge on any atom is -0.349 e. The molecule has 0 aliphatic carbocycles. The fourth-order valence-corrected chi connectivity index (χ4v) is 1.47. The van der Waals surface area contributed by atoms with Gasteiger partial charge in [-0.15, -0.1) is 0 Å². The molecule has 1 rings (SSSR count). The molecule has 0 aromatic carbocycles. The van der Waals surface area contributed by atoms with Crippen molar-refractivity contribution < 1.29 is 4.53 Å². The summed E-state index contributed by atoms with van der Waals surface area (Å²) in [7, 11) is 0.452. The summed E-state index contributed by atoms with van der Waals surface area (Å²) in [4.78, 5) is 0. The molecule has 3 nitrogen and oxygen atoms in total. The van der Waals surface area contributed by atoms with Gasteiger partial charge in [-0.25, -0.2) is 0 Å². The van der Waals surface area contributed by atoms with Gasteiger partial charge in [0.2, 0.25) is 8.32 Å². The molecule has 1 N–H and O–H groups in total. The van der Waals surface area contributed by atoms with Gasteiger partial charge in [0, 0.05) is 13.2 Å². The Hall–Kier alpha value is -1.00. The van der Waals surface area contributed by atoms with E-state index in [0.717, 1.165) is 11.4 Å². The largest absolute Gasteiger partial charge is 0.349 e. The van der Waals surface area contributed by atoms with E-state index in [1.165, 1.54) is 0 Å². The highest BCUT2D eigenvalue weighted by Gasteiger charge is 2.15. The summed E-state index contributed by atoms with van der Waals surface area (Å²) in [6.07, 6.45) is 1.98. The predicted octanol–water partition coefficient (Wildman–Crippen LogP) is 2.35. The Morgan fingerprint density at radius 2 is 2.14 bits per heavy atom. The first kappa shape index (κ1) is 11.1. The lowest BCUT2D eigenvalue weighted by Crippen LogP contribution is -2.32. The minimum atomic E-state index is -1.53. The van der Waals surface area contributed by atoms with Gasteiger partial charge in [-0.3, -0.25) is 5.48 Å². The molecule has 14 heavy (non-hydrogen) atoms. The zero-order chi connectivity index (χ0) is 10.8. The van der Waals surface area contributed by atoms with E-state index in [1.807, 2.05) is 29.9 Å². The Morgan fingerprint density at radius 3 is 2.57 bits per heavy atom. The van der Waals surface area contributed by atoms with E-state index in [0.29, 0.717) is 0 Å². The van der Waals surface area contributed by atoms with E-state index in [4.69, 9.17) is 4.53 Å². The highest BCUT2D eigenvalue weighted by atomic mass is 28.4. The van der Waals surface area contributed by atoms with Gasteiger partial charge in [0.05, 0.1) is 11.4 Å². The number of nitrogens with zero attached hydrogens (tertiary/aromatic N) is 1. The summed E-state index contributed by atoms with van der Waals surface area (Å²) in [5, 5.41) is 0. The van der Waals surface area contributed by atoms with Crippen LogP contribution in [0.25, 0.3) is 5.70 Å². The average Bonchev–Trinajstić information content (AvgIpc) is 2.46. The third kappa shape index (κ3) is 3.05. The van der Waals surface area contributed by atoms with Crippen LogP contribution >= 0.6 is 0 Å². The number of aryl methyl sites for hydroxylation is 1. The van der Waals surface area contributed by atoms with E-state index in [9.17, 15) is 0 Å². The van der Waals surface area contributed by atoms with Gasteiger partial charge < -0.3 is 9.09 Å². The third-order valence-electron chi connectivity index (χ3n) is 1.73. The highest BCUT2D eigenvalue weighted by molar-refractivity contribution is 6.69. The van der Waals surface area contributed by atoms with Crippen LogP contribution in [0.2, 0.25) is 19.6 Å². The van der Waals surface area contributed by atoms with Gasteiger partial charge >= 0.3 is 0 Å². The summed E-state index contributed by atoms with van der Waals surface area (Å²) in [5.41, 5.74) is 4.76. The molecule has 0 unspecified atom stereocenters. The van der Waals surface area contributed by atoms with Crippen molar-refractivity contribution in [2.45, 2.75) is 19.6 Å². The van der Waals surface area contributed by atoms with Crippen LogP contribution in [0.1, 0.15) is 5.69 Å². The molecule has 0 aliphatic heterocycles. The molecule has 1 heterocycles. The second-order valence-corrected chi connectivity index (χ2v) is 8.73. The molecular weight excluding hydrogens is 192 g/mol. The second kappa shape index (κ2) is 4.02. The van der Waals surface area contributed by atoms with Crippen LogP contribution in [0.5, 0.6) is 0 Å². The number of nitrogens with one attached hydrogen (secondary N) is 1. The summed E-state index contributed by atoms with van der Waals surface area (Å²) < 4.78 is 7.55. The fourth-order valence-electron chi connectivity index (χ4n) is 1.04. The first-order valence-corrected chi connectivity index (χ1v) is 8.05. The lowest BCUT2D eigenvalue weighted by molar-refractivity contribution is 0.244. The van der Waals surface area contributed by atoms with Crippen molar-refractivity contribution in [2.24, 2.45) is 7.05 Å². The van der Waals surface area contributed by atoms with Gasteiger partial charge in [-0.05, 0) is 31.8 Å². The SMILES string of the molecule is C=C(NO[Si](C)(C)C)c1cccn1C. The van der Waals surface area contributed by atoms with Crippen molar-refractivity contribution in [1.82, 2.24) is 10.0 Å². The molecule has 0 amide bonds. The Balaban J connectivity index is 2.56. The predicted molar refractivity (Wildman–Crippen MR) is 62.0 cm³/mol. The molecule has 0 spiro atoms. The van der Waals surface area contributed by atoms with E-state index in [2.05, 4.69) is 31.7 Å². The molecule has 78 valence electrons. The molecule has 1 aromatic rings. The first-order valence-electron chi connectivity index (χ1n) is 4.65. The minimum absolute atomic E-state index is 0.805. The number of hydrogen-bond acceptors (Lipinski definition) is 2. The Kier molecular flexibility index (Phi) is 3.18. The summed E-state index contributed by atoms with van der Waals surface area (Å²) in [6, 6.07) is 3.99. The molecule has 0 atom stereocenters. The maximum absolute atomic E-state index is 5.55. The van der Waals surface area contributed by atoms with Crippen LogP contribution in [-0.2, 0) is 11.6 Å². The van der Waals surface area contributed by atoms with Gasteiger partial charge in [-0.1, -0.05) is 6.58 Å². The summed E-state index contributed by atoms with van der Waals surface area (Å²) in [5.74, 6) is 0. The summed E-state index contributed by atoms with van der Waals surface area (Å²) >= 11 is 0. The third-order valence-corrected chi connectivity index (χ3v) is 2.45. The molecule has 1 aromatic heterocycles. The van der Waals surface area contributed by atoms with Gasteiger partial charge in [0.1, 0.15) is 0 Å². The lowest BCUT2D eigenvalue weighted by atomic mass is 10.3. The standard InChI is InChI=1S/C10H18N2OSi/c1-9(11-13-14(3,4)5)10-7-6-8-12(10)2/h6-8,11H,1H2,2-5H3. The van der Waals surface area contributed by atoms with E-state index < -0.39 is 8.32 Å². The topological polar surface area (TPSA) is 26.2 Å². The van der Waals surface area contributed by atoms with Crippen LogP contribution in [0.4, 0.5) is 0 Å². The van der Waals surface area contributed by atoms with E-state index in [-0.39, 0.29) is 0 Å². The number of rotatable bonds is 4. The van der Waals surface area contributed by atoms with Crippen molar-refractivity contribution >= 4 is 14.0 Å². The zero-order valence-corrected chi connectivity index (χ0v) is 10.3. The number of aromatic nitrogens is 1. The monoisotopic (exact) mass is 210 g/mol. The number of hydroxylamine groups is 1. The van der Waals surface area contributed by atoms with E-state index >= 15 is 0 Å². The van der Waals surface area contributed by atoms with Crippen LogP contribution in [-0.4, -0.2) is 12.9 Å². The average molecular weight is 210 g/mol. The van der Waals surface area contributed by atoms with Crippen molar-refractivity contribution in [1.29, 1.82) is 0 Å². The van der Waals surface area contributed by atoms with Crippen molar-refractivity contribution in [3.8, 4) is 0 Å². The quantitative estimate of drug-likeness (QED) is 0.610. The highest BCUT2D eigenvalue weighted by Crippen LogP contribution is 2.10. The van der Waals surface area contributed by atoms with Crippen LogP contribution < -0.4 is 5.48 Å². The molecule has 0 saturated heterocycles. The van der Waals surface area contributed by atoms with Gasteiger partial charge in [0.25, 0.3) is 0 Å². The molecule has 4 heteroatoms. The Morgan fingerprint density at radius 1 is 1.50 bits per heavy atom. The Bertz CT molecular complexity index is 325. The number of hydrogen-bond donors (Lipinski definition) is 1. The van der Waals surface area contributed by atoms with Crippen molar-refractivity contribution in [2.75, 3.05) is 0 Å². The Labute approximate surface area is 86.5 Å². The maximum atomic E-state index is 5.55. The normalized spacial score (nSPS) is 11.4. The van der Waals surface area contributed by atoms with Crippen molar-refractivity contribution in [3.63, 3.8) is 0 Å². The molecule has 0 aliphatic rings. The maximum Gasteiger partial charge on any atom is 0.220 e. The molecule has 0 bridgehead atoms. The molecular formula is C10H18N2OSi. The first-order chi connectivity index (χ1) is 6.40. The van der Waals surface area contributed by atoms with E-state index in [1.54, 1.807) is 0 Å². The summed E-state index contributed by atoms with van der Waals surface area (Å²) in [6.45, 7) is 10.3. The van der Waals surface area contributed by atoms with Crippen LogP contribution in [0.15, 0.2) is 24.9 Å².